The average molecular weight is 270 g/mol. The third kappa shape index (κ3) is 2.81. The van der Waals surface area contributed by atoms with E-state index >= 15 is 0 Å². The Bertz CT molecular complexity index is 453. The van der Waals surface area contributed by atoms with Crippen LogP contribution in [-0.2, 0) is 4.79 Å². The smallest absolute Gasteiger partial charge is 0.222 e. The molecule has 98 valence electrons. The van der Waals surface area contributed by atoms with Gasteiger partial charge in [-0.3, -0.25) is 4.79 Å². The molecule has 0 saturated carbocycles. The van der Waals surface area contributed by atoms with Gasteiger partial charge in [0, 0.05) is 25.6 Å². The summed E-state index contributed by atoms with van der Waals surface area (Å²) in [6.45, 7) is 3.43. The molecule has 1 aromatic rings. The first-order chi connectivity index (χ1) is 8.58. The second-order valence-corrected chi connectivity index (χ2v) is 4.79. The molecule has 1 amide bonds. The van der Waals surface area contributed by atoms with Crippen LogP contribution in [0, 0.1) is 0 Å². The van der Waals surface area contributed by atoms with E-state index in [2.05, 4.69) is 15.3 Å². The zero-order chi connectivity index (χ0) is 13.1. The Morgan fingerprint density at radius 2 is 2.39 bits per heavy atom. The van der Waals surface area contributed by atoms with Crippen LogP contribution in [0.5, 0.6) is 0 Å². The lowest BCUT2D eigenvalue weighted by Gasteiger charge is -2.22. The van der Waals surface area contributed by atoms with E-state index in [1.165, 1.54) is 6.33 Å². The van der Waals surface area contributed by atoms with Crippen molar-refractivity contribution in [3.8, 4) is 0 Å². The number of nitrogens with one attached hydrogen (secondary N) is 1. The largest absolute Gasteiger partial charge is 0.382 e. The Morgan fingerprint density at radius 3 is 3.06 bits per heavy atom. The number of likely N-dealkylation sites (tertiary alicyclic amines) is 1. The maximum absolute atomic E-state index is 11.5. The molecule has 1 aliphatic rings. The third-order valence-corrected chi connectivity index (χ3v) is 3.24. The molecule has 0 aliphatic carbocycles. The van der Waals surface area contributed by atoms with Crippen molar-refractivity contribution < 1.29 is 4.79 Å². The number of nitrogen functional groups attached to an aromatic ring is 1. The lowest BCUT2D eigenvalue weighted by atomic mass is 10.3. The van der Waals surface area contributed by atoms with Crippen LogP contribution in [0.2, 0.25) is 5.02 Å². The lowest BCUT2D eigenvalue weighted by molar-refractivity contribution is -0.127. The van der Waals surface area contributed by atoms with Crippen LogP contribution < -0.4 is 11.1 Å². The lowest BCUT2D eigenvalue weighted by Crippen LogP contribution is -2.35. The van der Waals surface area contributed by atoms with Gasteiger partial charge in [-0.15, -0.1) is 0 Å². The van der Waals surface area contributed by atoms with Gasteiger partial charge in [0.05, 0.1) is 0 Å². The van der Waals surface area contributed by atoms with Crippen LogP contribution in [0.15, 0.2) is 6.33 Å². The van der Waals surface area contributed by atoms with Crippen LogP contribution in [0.1, 0.15) is 19.8 Å². The maximum atomic E-state index is 11.5. The third-order valence-electron chi connectivity index (χ3n) is 2.87. The molecule has 2 heterocycles. The predicted molar refractivity (Wildman–Crippen MR) is 70.4 cm³/mol. The summed E-state index contributed by atoms with van der Waals surface area (Å²) in [6, 6.07) is 0.0545. The molecule has 3 N–H and O–H groups in total. The van der Waals surface area contributed by atoms with E-state index in [0.717, 1.165) is 13.0 Å². The summed E-state index contributed by atoms with van der Waals surface area (Å²) in [5.74, 6) is 0.957. The topological polar surface area (TPSA) is 84.1 Å². The quantitative estimate of drug-likeness (QED) is 0.856. The highest BCUT2D eigenvalue weighted by molar-refractivity contribution is 6.35. The molecule has 1 atom stereocenters. The first-order valence-electron chi connectivity index (χ1n) is 5.88. The highest BCUT2D eigenvalue weighted by atomic mass is 35.5. The number of halogens is 1. The number of hydrogen-bond acceptors (Lipinski definition) is 5. The Kier molecular flexibility index (Phi) is 3.86. The zero-order valence-corrected chi connectivity index (χ0v) is 10.9. The fourth-order valence-electron chi connectivity index (χ4n) is 1.99. The van der Waals surface area contributed by atoms with E-state index in [1.807, 2.05) is 11.8 Å². The summed E-state index contributed by atoms with van der Waals surface area (Å²) < 4.78 is 0. The number of nitrogens with zero attached hydrogens (tertiary/aromatic N) is 3. The summed E-state index contributed by atoms with van der Waals surface area (Å²) >= 11 is 5.99. The summed E-state index contributed by atoms with van der Waals surface area (Å²) in [6.07, 6.45) is 2.94. The van der Waals surface area contributed by atoms with Crippen molar-refractivity contribution in [3.63, 3.8) is 0 Å². The number of carbonyl (C=O) groups excluding carboxylic acids is 1. The monoisotopic (exact) mass is 269 g/mol. The number of hydrogen-bond donors (Lipinski definition) is 2. The van der Waals surface area contributed by atoms with Gasteiger partial charge < -0.3 is 16.0 Å². The predicted octanol–water partition coefficient (Wildman–Crippen LogP) is 1.13. The van der Waals surface area contributed by atoms with Gasteiger partial charge in [-0.2, -0.15) is 0 Å². The highest BCUT2D eigenvalue weighted by Crippen LogP contribution is 2.24. The van der Waals surface area contributed by atoms with Crippen LogP contribution >= 0.6 is 11.6 Å². The number of nitrogens with two attached hydrogens (primary N) is 1. The van der Waals surface area contributed by atoms with Crippen molar-refractivity contribution in [2.24, 2.45) is 0 Å². The minimum absolute atomic E-state index is 0.0545. The fraction of sp³-hybridized carbons (Fsp3) is 0.545. The minimum Gasteiger partial charge on any atom is -0.382 e. The van der Waals surface area contributed by atoms with E-state index in [0.29, 0.717) is 23.8 Å². The molecule has 18 heavy (non-hydrogen) atoms. The molecule has 0 aromatic carbocycles. The molecule has 0 bridgehead atoms. The van der Waals surface area contributed by atoms with E-state index in [9.17, 15) is 4.79 Å². The van der Waals surface area contributed by atoms with E-state index in [1.54, 1.807) is 0 Å². The zero-order valence-electron chi connectivity index (χ0n) is 10.2. The summed E-state index contributed by atoms with van der Waals surface area (Å²) in [7, 11) is 0. The summed E-state index contributed by atoms with van der Waals surface area (Å²) in [4.78, 5) is 21.2. The number of amides is 1. The molecule has 0 radical (unpaired) electrons. The SMILES string of the molecule is CC(CN1CCCC1=O)Nc1ncnc(N)c1Cl. The van der Waals surface area contributed by atoms with Crippen molar-refractivity contribution in [2.45, 2.75) is 25.8 Å². The second kappa shape index (κ2) is 5.39. The van der Waals surface area contributed by atoms with Crippen molar-refractivity contribution in [3.05, 3.63) is 11.3 Å². The first-order valence-corrected chi connectivity index (χ1v) is 6.26. The van der Waals surface area contributed by atoms with Crippen LogP contribution in [0.4, 0.5) is 11.6 Å². The Morgan fingerprint density at radius 1 is 1.61 bits per heavy atom. The molecule has 7 heteroatoms. The summed E-state index contributed by atoms with van der Waals surface area (Å²) in [5, 5.41) is 3.46. The van der Waals surface area contributed by atoms with Crippen LogP contribution in [0.25, 0.3) is 0 Å². The molecule has 1 saturated heterocycles. The molecule has 1 fully saturated rings. The number of carbonyl (C=O) groups is 1. The standard InChI is InChI=1S/C11H16ClN5O/c1-7(5-17-4-2-3-8(17)18)16-11-9(12)10(13)14-6-15-11/h6-7H,2-5H2,1H3,(H3,13,14,15,16). The van der Waals surface area contributed by atoms with E-state index in [-0.39, 0.29) is 17.8 Å². The van der Waals surface area contributed by atoms with Gasteiger partial charge in [0.2, 0.25) is 5.91 Å². The Balaban J connectivity index is 1.96. The highest BCUT2D eigenvalue weighted by Gasteiger charge is 2.22. The van der Waals surface area contributed by atoms with Crippen LogP contribution in [-0.4, -0.2) is 39.9 Å². The van der Waals surface area contributed by atoms with Crippen molar-refractivity contribution in [2.75, 3.05) is 24.1 Å². The van der Waals surface area contributed by atoms with Gasteiger partial charge in [-0.25, -0.2) is 9.97 Å². The van der Waals surface area contributed by atoms with Gasteiger partial charge in [0.1, 0.15) is 17.2 Å². The second-order valence-electron chi connectivity index (χ2n) is 4.41. The van der Waals surface area contributed by atoms with Gasteiger partial charge in [-0.05, 0) is 13.3 Å². The molecule has 1 unspecified atom stereocenters. The molecule has 1 aliphatic heterocycles. The van der Waals surface area contributed by atoms with Gasteiger partial charge in [0.25, 0.3) is 0 Å². The normalized spacial score (nSPS) is 17.0. The minimum atomic E-state index is 0.0545. The Labute approximate surface area is 111 Å². The van der Waals surface area contributed by atoms with Crippen molar-refractivity contribution in [1.29, 1.82) is 0 Å². The van der Waals surface area contributed by atoms with Crippen molar-refractivity contribution in [1.82, 2.24) is 14.9 Å². The fourth-order valence-corrected chi connectivity index (χ4v) is 2.14. The molecule has 2 rings (SSSR count). The number of anilines is 2. The average Bonchev–Trinajstić information content (AvgIpc) is 2.71. The van der Waals surface area contributed by atoms with Gasteiger partial charge >= 0.3 is 0 Å². The van der Waals surface area contributed by atoms with Gasteiger partial charge in [0.15, 0.2) is 5.82 Å². The molecular weight excluding hydrogens is 254 g/mol. The molecular formula is C11H16ClN5O. The molecule has 0 spiro atoms. The maximum Gasteiger partial charge on any atom is 0.222 e. The Hall–Kier alpha value is -1.56. The van der Waals surface area contributed by atoms with E-state index in [4.69, 9.17) is 17.3 Å². The van der Waals surface area contributed by atoms with E-state index < -0.39 is 0 Å². The summed E-state index contributed by atoms with van der Waals surface area (Å²) in [5.41, 5.74) is 5.59. The van der Waals surface area contributed by atoms with Gasteiger partial charge in [-0.1, -0.05) is 11.6 Å². The number of aromatic nitrogens is 2. The molecule has 6 nitrogen and oxygen atoms in total. The van der Waals surface area contributed by atoms with Crippen LogP contribution in [0.3, 0.4) is 0 Å². The molecule has 1 aromatic heterocycles. The number of rotatable bonds is 4. The first kappa shape index (κ1) is 12.9. The van der Waals surface area contributed by atoms with Crippen molar-refractivity contribution >= 4 is 29.1 Å².